The third-order valence-electron chi connectivity index (χ3n) is 3.05. The lowest BCUT2D eigenvalue weighted by atomic mass is 10.2. The van der Waals surface area contributed by atoms with Crippen LogP contribution in [0.2, 0.25) is 0 Å². The van der Waals surface area contributed by atoms with E-state index >= 15 is 0 Å². The third kappa shape index (κ3) is 3.66. The number of aryl methyl sites for hydroxylation is 1. The van der Waals surface area contributed by atoms with Gasteiger partial charge in [-0.3, -0.25) is 0 Å². The molecule has 0 aliphatic rings. The van der Waals surface area contributed by atoms with E-state index in [4.69, 9.17) is 4.79 Å². The van der Waals surface area contributed by atoms with E-state index in [1.807, 2.05) is 43.4 Å². The molecule has 3 nitrogen and oxygen atoms in total. The summed E-state index contributed by atoms with van der Waals surface area (Å²) in [4.78, 5) is 13.4. The van der Waals surface area contributed by atoms with Crippen molar-refractivity contribution in [2.24, 2.45) is 7.05 Å². The fraction of sp³-hybridized carbons (Fsp3) is 0.111. The molecule has 0 N–H and O–H groups in total. The smallest absolute Gasteiger partial charge is 0.133 e. The molecule has 0 atom stereocenters. The van der Waals surface area contributed by atoms with Crippen LogP contribution in [0.25, 0.3) is 23.2 Å². The maximum Gasteiger partial charge on any atom is 0.133 e. The van der Waals surface area contributed by atoms with Crippen molar-refractivity contribution >= 4 is 29.5 Å². The van der Waals surface area contributed by atoms with E-state index in [0.29, 0.717) is 0 Å². The second-order valence-electron chi connectivity index (χ2n) is 4.50. The van der Waals surface area contributed by atoms with E-state index in [1.165, 1.54) is 12.5 Å². The Bertz CT molecular complexity index is 742. The van der Waals surface area contributed by atoms with Crippen molar-refractivity contribution in [2.75, 3.05) is 0 Å². The number of benzene rings is 2. The minimum Gasteiger partial charge on any atom is -0.328 e. The number of hydrogen-bond donors (Lipinski definition) is 0. The number of rotatable bonds is 2. The molecule has 0 bridgehead atoms. The number of carbonyl (C=O) groups excluding carboxylic acids is 1. The fourth-order valence-corrected chi connectivity index (χ4v) is 2.05. The summed E-state index contributed by atoms with van der Waals surface area (Å²) in [5.41, 5.74) is 3.38. The van der Waals surface area contributed by atoms with Gasteiger partial charge in [0.2, 0.25) is 0 Å². The Kier molecular flexibility index (Phi) is 5.04. The van der Waals surface area contributed by atoms with Gasteiger partial charge in [-0.25, -0.2) is 4.98 Å². The van der Waals surface area contributed by atoms with Crippen LogP contribution in [0.1, 0.15) is 18.3 Å². The summed E-state index contributed by atoms with van der Waals surface area (Å²) in [6.45, 7) is 1.44. The largest absolute Gasteiger partial charge is 0.328 e. The minimum absolute atomic E-state index is 0.750. The van der Waals surface area contributed by atoms with Gasteiger partial charge in [-0.15, -0.1) is 0 Å². The zero-order chi connectivity index (χ0) is 15.1. The van der Waals surface area contributed by atoms with Gasteiger partial charge in [-0.1, -0.05) is 48.5 Å². The van der Waals surface area contributed by atoms with Gasteiger partial charge in [-0.2, -0.15) is 0 Å². The second kappa shape index (κ2) is 7.20. The molecule has 0 radical (unpaired) electrons. The highest BCUT2D eigenvalue weighted by molar-refractivity contribution is 5.79. The van der Waals surface area contributed by atoms with Crippen molar-refractivity contribution in [3.05, 3.63) is 66.0 Å². The van der Waals surface area contributed by atoms with Crippen LogP contribution in [0, 0.1) is 0 Å². The quantitative estimate of drug-likeness (QED) is 0.665. The molecule has 3 rings (SSSR count). The summed E-state index contributed by atoms with van der Waals surface area (Å²) in [6, 6.07) is 18.4. The number of para-hydroxylation sites is 2. The van der Waals surface area contributed by atoms with Crippen LogP contribution in [0.5, 0.6) is 0 Å². The molecule has 21 heavy (non-hydrogen) atoms. The first kappa shape index (κ1) is 14.7. The van der Waals surface area contributed by atoms with Crippen LogP contribution in [0.4, 0.5) is 0 Å². The average Bonchev–Trinajstić information content (AvgIpc) is 2.84. The Morgan fingerprint density at radius 3 is 2.24 bits per heavy atom. The van der Waals surface area contributed by atoms with Crippen LogP contribution in [0.3, 0.4) is 0 Å². The van der Waals surface area contributed by atoms with Gasteiger partial charge in [0, 0.05) is 7.05 Å². The van der Waals surface area contributed by atoms with Gasteiger partial charge in [0.15, 0.2) is 0 Å². The van der Waals surface area contributed by atoms with Crippen LogP contribution < -0.4 is 0 Å². The molecular weight excluding hydrogens is 260 g/mol. The highest BCUT2D eigenvalue weighted by Gasteiger charge is 2.03. The maximum atomic E-state index is 8.81. The Hall–Kier alpha value is -2.68. The second-order valence-corrected chi connectivity index (χ2v) is 4.50. The summed E-state index contributed by atoms with van der Waals surface area (Å²) in [6.07, 6.45) is 4.89. The lowest BCUT2D eigenvalue weighted by Gasteiger charge is -1.96. The monoisotopic (exact) mass is 278 g/mol. The van der Waals surface area contributed by atoms with Crippen molar-refractivity contribution in [3.63, 3.8) is 0 Å². The van der Waals surface area contributed by atoms with Gasteiger partial charge >= 0.3 is 0 Å². The molecule has 0 fully saturated rings. The Morgan fingerprint density at radius 1 is 0.952 bits per heavy atom. The van der Waals surface area contributed by atoms with Gasteiger partial charge in [-0.05, 0) is 30.7 Å². The Balaban J connectivity index is 0.000000497. The molecule has 3 aromatic rings. The number of nitrogens with zero attached hydrogens (tertiary/aromatic N) is 2. The number of hydrogen-bond acceptors (Lipinski definition) is 2. The van der Waals surface area contributed by atoms with Gasteiger partial charge < -0.3 is 9.36 Å². The number of aldehydes is 1. The van der Waals surface area contributed by atoms with E-state index in [9.17, 15) is 0 Å². The topological polar surface area (TPSA) is 34.9 Å². The van der Waals surface area contributed by atoms with Crippen molar-refractivity contribution in [3.8, 4) is 0 Å². The van der Waals surface area contributed by atoms with Crippen LogP contribution in [-0.4, -0.2) is 15.8 Å². The Morgan fingerprint density at radius 2 is 1.57 bits per heavy atom. The summed E-state index contributed by atoms with van der Waals surface area (Å²) < 4.78 is 2.11. The summed E-state index contributed by atoms with van der Waals surface area (Å²) in [5, 5.41) is 0. The third-order valence-corrected chi connectivity index (χ3v) is 3.05. The number of imidazole rings is 1. The molecule has 0 spiro atoms. The molecule has 0 aliphatic heterocycles. The molecular formula is C18H18N2O. The molecule has 1 heterocycles. The summed E-state index contributed by atoms with van der Waals surface area (Å²) in [7, 11) is 2.04. The van der Waals surface area contributed by atoms with Crippen molar-refractivity contribution in [1.82, 2.24) is 9.55 Å². The van der Waals surface area contributed by atoms with E-state index in [2.05, 4.69) is 39.9 Å². The van der Waals surface area contributed by atoms with Crippen molar-refractivity contribution in [2.45, 2.75) is 6.92 Å². The fourth-order valence-electron chi connectivity index (χ4n) is 2.05. The molecule has 3 heteroatoms. The highest BCUT2D eigenvalue weighted by Crippen LogP contribution is 2.16. The molecule has 0 amide bonds. The van der Waals surface area contributed by atoms with Crippen molar-refractivity contribution in [1.29, 1.82) is 0 Å². The normalized spacial score (nSPS) is 10.4. The average molecular weight is 278 g/mol. The zero-order valence-corrected chi connectivity index (χ0v) is 12.2. The standard InChI is InChI=1S/C16H14N2.C2H4O/c1-18-15-10-6-5-9-14(15)17-16(18)12-11-13-7-3-2-4-8-13;1-2-3/h2-12H,1H3;2H,1H3/b12-11+;. The first-order chi connectivity index (χ1) is 10.3. The predicted molar refractivity (Wildman–Crippen MR) is 87.8 cm³/mol. The first-order valence-electron chi connectivity index (χ1n) is 6.80. The first-order valence-corrected chi connectivity index (χ1v) is 6.80. The number of carbonyl (C=O) groups is 1. The maximum absolute atomic E-state index is 8.81. The van der Waals surface area contributed by atoms with Crippen LogP contribution in [-0.2, 0) is 11.8 Å². The molecule has 0 saturated heterocycles. The molecule has 106 valence electrons. The highest BCUT2D eigenvalue weighted by atomic mass is 16.1. The van der Waals surface area contributed by atoms with Gasteiger partial charge in [0.05, 0.1) is 11.0 Å². The predicted octanol–water partition coefficient (Wildman–Crippen LogP) is 3.95. The van der Waals surface area contributed by atoms with E-state index in [1.54, 1.807) is 0 Å². The summed E-state index contributed by atoms with van der Waals surface area (Å²) in [5.74, 6) is 0.972. The number of aromatic nitrogens is 2. The van der Waals surface area contributed by atoms with E-state index in [0.717, 1.165) is 23.1 Å². The van der Waals surface area contributed by atoms with Crippen LogP contribution in [0.15, 0.2) is 54.6 Å². The Labute approximate surface area is 124 Å². The lowest BCUT2D eigenvalue weighted by Crippen LogP contribution is -1.90. The SMILES string of the molecule is CC=O.Cn1c(/C=C/c2ccccc2)nc2ccccc21. The van der Waals surface area contributed by atoms with Gasteiger partial charge in [0.1, 0.15) is 12.1 Å². The summed E-state index contributed by atoms with van der Waals surface area (Å²) >= 11 is 0. The number of fused-ring (bicyclic) bond motifs is 1. The van der Waals surface area contributed by atoms with Gasteiger partial charge in [0.25, 0.3) is 0 Å². The molecule has 0 saturated carbocycles. The molecule has 0 unspecified atom stereocenters. The van der Waals surface area contributed by atoms with Crippen molar-refractivity contribution < 1.29 is 4.79 Å². The van der Waals surface area contributed by atoms with Crippen LogP contribution >= 0.6 is 0 Å². The van der Waals surface area contributed by atoms with E-state index in [-0.39, 0.29) is 0 Å². The molecule has 2 aromatic carbocycles. The molecule has 1 aromatic heterocycles. The van der Waals surface area contributed by atoms with E-state index < -0.39 is 0 Å². The zero-order valence-electron chi connectivity index (χ0n) is 12.2. The lowest BCUT2D eigenvalue weighted by molar-refractivity contribution is -0.106. The molecule has 0 aliphatic carbocycles. The minimum atomic E-state index is 0.750.